The Kier molecular flexibility index (Phi) is 5.17. The van der Waals surface area contributed by atoms with Crippen LogP contribution in [-0.4, -0.2) is 26.9 Å². The lowest BCUT2D eigenvalue weighted by atomic mass is 10.0. The maximum Gasteiger partial charge on any atom is 0.258 e. The minimum absolute atomic E-state index is 0.118. The van der Waals surface area contributed by atoms with E-state index in [9.17, 15) is 22.8 Å². The van der Waals surface area contributed by atoms with E-state index in [0.717, 1.165) is 6.20 Å². The largest absolute Gasteiger partial charge is 0.313 e. The summed E-state index contributed by atoms with van der Waals surface area (Å²) in [5.41, 5.74) is 1.49. The molecule has 146 valence electrons. The quantitative estimate of drug-likeness (QED) is 0.695. The number of carbonyl (C=O) groups is 1. The number of rotatable bonds is 3. The maximum atomic E-state index is 13.7. The lowest BCUT2D eigenvalue weighted by Gasteiger charge is -2.11. The molecule has 1 aliphatic rings. The van der Waals surface area contributed by atoms with Gasteiger partial charge in [0.05, 0.1) is 11.7 Å². The first kappa shape index (κ1) is 19.5. The molecule has 9 heteroatoms. The summed E-state index contributed by atoms with van der Waals surface area (Å²) in [7, 11) is 1.61. The number of carbonyl (C=O) groups excluding carboxylic acids is 1. The lowest BCUT2D eigenvalue weighted by molar-refractivity contribution is -0.105. The molecular weight excluding hydrogens is 373 g/mol. The van der Waals surface area contributed by atoms with Crippen molar-refractivity contribution in [3.05, 3.63) is 52.5 Å². The van der Waals surface area contributed by atoms with Gasteiger partial charge in [0.15, 0.2) is 0 Å². The fourth-order valence-corrected chi connectivity index (χ4v) is 2.56. The number of nitrogens with one attached hydrogen (secondary N) is 1. The van der Waals surface area contributed by atoms with Crippen LogP contribution in [0.5, 0.6) is 0 Å². The average Bonchev–Trinajstić information content (AvgIpc) is 3.36. The fraction of sp³-hybridized carbons (Fsp3) is 0.263. The molecule has 0 unspecified atom stereocenters. The van der Waals surface area contributed by atoms with Crippen molar-refractivity contribution < 1.29 is 18.0 Å². The second-order valence-electron chi connectivity index (χ2n) is 6.46. The minimum Gasteiger partial charge on any atom is -0.313 e. The number of halogens is 3. The molecule has 3 aromatic heterocycles. The van der Waals surface area contributed by atoms with Crippen LogP contribution in [0.25, 0.3) is 22.0 Å². The molecule has 0 radical (unpaired) electrons. The Bertz CT molecular complexity index is 1110. The molecular formula is C19H17F3N4O2. The first-order valence-corrected chi connectivity index (χ1v) is 8.42. The summed E-state index contributed by atoms with van der Waals surface area (Å²) in [6.45, 7) is 1.60. The summed E-state index contributed by atoms with van der Waals surface area (Å²) in [5, 5.41) is 3.14. The van der Waals surface area contributed by atoms with Crippen LogP contribution in [0.1, 0.15) is 18.4 Å². The van der Waals surface area contributed by atoms with Crippen LogP contribution >= 0.6 is 0 Å². The highest BCUT2D eigenvalue weighted by molar-refractivity contribution is 5.86. The zero-order valence-corrected chi connectivity index (χ0v) is 15.2. The molecule has 1 N–H and O–H groups in total. The number of nitrogens with zero attached hydrogens (tertiary/aromatic N) is 3. The van der Waals surface area contributed by atoms with Crippen molar-refractivity contribution in [1.82, 2.24) is 14.5 Å². The number of hydrogen-bond acceptors (Lipinski definition) is 4. The van der Waals surface area contributed by atoms with Crippen molar-refractivity contribution >= 4 is 23.1 Å². The van der Waals surface area contributed by atoms with Gasteiger partial charge in [0.2, 0.25) is 12.3 Å². The van der Waals surface area contributed by atoms with Gasteiger partial charge < -0.3 is 9.88 Å². The monoisotopic (exact) mass is 390 g/mol. The zero-order chi connectivity index (χ0) is 20.5. The van der Waals surface area contributed by atoms with Gasteiger partial charge in [-0.1, -0.05) is 0 Å². The number of pyridine rings is 3. The first-order chi connectivity index (χ1) is 13.2. The Hall–Kier alpha value is -3.23. The minimum atomic E-state index is -2.25. The number of aryl methyl sites for hydroxylation is 1. The first-order valence-electron chi connectivity index (χ1n) is 8.42. The van der Waals surface area contributed by atoms with Crippen LogP contribution in [0, 0.1) is 12.7 Å². The van der Waals surface area contributed by atoms with Crippen LogP contribution in [0.3, 0.4) is 0 Å². The summed E-state index contributed by atoms with van der Waals surface area (Å²) in [4.78, 5) is 31.0. The van der Waals surface area contributed by atoms with Crippen LogP contribution in [0.4, 0.5) is 19.0 Å². The summed E-state index contributed by atoms with van der Waals surface area (Å²) in [6, 6.07) is 3.25. The molecule has 1 saturated carbocycles. The van der Waals surface area contributed by atoms with E-state index in [0.29, 0.717) is 39.8 Å². The molecule has 0 spiro atoms. The van der Waals surface area contributed by atoms with Crippen molar-refractivity contribution in [2.75, 3.05) is 5.32 Å². The van der Waals surface area contributed by atoms with Gasteiger partial charge >= 0.3 is 0 Å². The van der Waals surface area contributed by atoms with Crippen LogP contribution in [-0.2, 0) is 11.8 Å². The Morgan fingerprint density at radius 3 is 2.46 bits per heavy atom. The van der Waals surface area contributed by atoms with Gasteiger partial charge in [0, 0.05) is 54.9 Å². The summed E-state index contributed by atoms with van der Waals surface area (Å²) < 4.78 is 37.4. The average molecular weight is 390 g/mol. The third-order valence-corrected chi connectivity index (χ3v) is 4.39. The van der Waals surface area contributed by atoms with Crippen LogP contribution in [0.15, 0.2) is 35.5 Å². The second-order valence-corrected chi connectivity index (χ2v) is 6.46. The van der Waals surface area contributed by atoms with Crippen molar-refractivity contribution in [3.63, 3.8) is 0 Å². The van der Waals surface area contributed by atoms with Gasteiger partial charge in [-0.3, -0.25) is 14.6 Å². The standard InChI is InChI=1S/C16H13FN4O2.C3H4F2/c1-9-12(6-18-7-13(9)17)11-3-10-5-19-15(20-8-22)4-14(10)21(2)16(11)23;4-3(5)1-2-3/h3-8H,1-2H3,(H,19,20,22);1-2H2. The van der Waals surface area contributed by atoms with Crippen LogP contribution in [0.2, 0.25) is 0 Å². The Morgan fingerprint density at radius 2 is 1.86 bits per heavy atom. The maximum absolute atomic E-state index is 13.7. The molecule has 0 saturated heterocycles. The number of aromatic nitrogens is 3. The normalized spacial score (nSPS) is 14.2. The Labute approximate surface area is 158 Å². The highest BCUT2D eigenvalue weighted by atomic mass is 19.3. The van der Waals surface area contributed by atoms with E-state index in [2.05, 4.69) is 15.3 Å². The molecule has 3 heterocycles. The van der Waals surface area contributed by atoms with Gasteiger partial charge in [-0.2, -0.15) is 0 Å². The van der Waals surface area contributed by atoms with Gasteiger partial charge in [-0.15, -0.1) is 0 Å². The second kappa shape index (κ2) is 7.41. The topological polar surface area (TPSA) is 76.9 Å². The van der Waals surface area contributed by atoms with Crippen molar-refractivity contribution in [1.29, 1.82) is 0 Å². The highest BCUT2D eigenvalue weighted by Crippen LogP contribution is 2.40. The van der Waals surface area contributed by atoms with Gasteiger partial charge in [0.1, 0.15) is 11.6 Å². The van der Waals surface area contributed by atoms with E-state index in [4.69, 9.17) is 0 Å². The zero-order valence-electron chi connectivity index (χ0n) is 15.2. The molecule has 6 nitrogen and oxygen atoms in total. The van der Waals surface area contributed by atoms with E-state index in [1.54, 1.807) is 32.3 Å². The number of alkyl halides is 2. The van der Waals surface area contributed by atoms with Crippen molar-refractivity contribution in [2.24, 2.45) is 7.05 Å². The van der Waals surface area contributed by atoms with Crippen LogP contribution < -0.4 is 10.9 Å². The van der Waals surface area contributed by atoms with E-state index >= 15 is 0 Å². The highest BCUT2D eigenvalue weighted by Gasteiger charge is 2.43. The third-order valence-electron chi connectivity index (χ3n) is 4.39. The molecule has 1 fully saturated rings. The fourth-order valence-electron chi connectivity index (χ4n) is 2.56. The number of hydrogen-bond donors (Lipinski definition) is 1. The van der Waals surface area contributed by atoms with E-state index in [1.165, 1.54) is 10.8 Å². The Balaban J connectivity index is 0.000000391. The van der Waals surface area contributed by atoms with E-state index < -0.39 is 11.7 Å². The number of amides is 1. The molecule has 4 rings (SSSR count). The van der Waals surface area contributed by atoms with E-state index in [-0.39, 0.29) is 18.4 Å². The predicted octanol–water partition coefficient (Wildman–Crippen LogP) is 3.43. The molecule has 0 atom stereocenters. The lowest BCUT2D eigenvalue weighted by Crippen LogP contribution is -2.19. The van der Waals surface area contributed by atoms with Gasteiger partial charge in [0.25, 0.3) is 5.56 Å². The molecule has 0 bridgehead atoms. The number of anilines is 1. The smallest absolute Gasteiger partial charge is 0.258 e. The number of fused-ring (bicyclic) bond motifs is 1. The van der Waals surface area contributed by atoms with Crippen molar-refractivity contribution in [2.45, 2.75) is 25.7 Å². The SMILES string of the molecule is Cc1c(F)cncc1-c1cc2cnc(NC=O)cc2n(C)c1=O.FC1(F)CC1. The van der Waals surface area contributed by atoms with E-state index in [1.807, 2.05) is 0 Å². The molecule has 0 aromatic carbocycles. The molecule has 28 heavy (non-hydrogen) atoms. The molecule has 0 aliphatic heterocycles. The molecule has 3 aromatic rings. The van der Waals surface area contributed by atoms with Gasteiger partial charge in [-0.25, -0.2) is 18.2 Å². The molecule has 1 aliphatic carbocycles. The molecule has 1 amide bonds. The summed E-state index contributed by atoms with van der Waals surface area (Å²) in [6.07, 6.45) is 4.88. The third kappa shape index (κ3) is 4.03. The predicted molar refractivity (Wildman–Crippen MR) is 98.8 cm³/mol. The Morgan fingerprint density at radius 1 is 1.18 bits per heavy atom. The van der Waals surface area contributed by atoms with Crippen molar-refractivity contribution in [3.8, 4) is 11.1 Å². The summed E-state index contributed by atoms with van der Waals surface area (Å²) >= 11 is 0. The van der Waals surface area contributed by atoms with Gasteiger partial charge in [-0.05, 0) is 18.6 Å². The summed E-state index contributed by atoms with van der Waals surface area (Å²) in [5.74, 6) is -2.37.